The second-order valence-corrected chi connectivity index (χ2v) is 6.98. The molecule has 1 aliphatic rings. The number of aryl methyl sites for hydroxylation is 1. The molecule has 1 saturated heterocycles. The molecule has 1 aliphatic heterocycles. The molecule has 0 radical (unpaired) electrons. The van der Waals surface area contributed by atoms with Crippen molar-refractivity contribution < 1.29 is 9.15 Å². The molecular formula is C16H24N4O2S. The molecule has 0 spiro atoms. The lowest BCUT2D eigenvalue weighted by Crippen LogP contribution is -2.45. The Morgan fingerprint density at radius 1 is 1.48 bits per heavy atom. The lowest BCUT2D eigenvalue weighted by atomic mass is 10.1. The maximum absolute atomic E-state index is 5.68. The van der Waals surface area contributed by atoms with Crippen molar-refractivity contribution in [3.63, 3.8) is 0 Å². The first kappa shape index (κ1) is 16.6. The molecule has 1 N–H and O–H groups in total. The van der Waals surface area contributed by atoms with Gasteiger partial charge in [-0.2, -0.15) is 0 Å². The van der Waals surface area contributed by atoms with Crippen molar-refractivity contribution in [2.75, 3.05) is 26.2 Å². The van der Waals surface area contributed by atoms with Crippen LogP contribution in [0.4, 0.5) is 0 Å². The largest absolute Gasteiger partial charge is 0.424 e. The average molecular weight is 336 g/mol. The van der Waals surface area contributed by atoms with Crippen molar-refractivity contribution >= 4 is 11.3 Å². The summed E-state index contributed by atoms with van der Waals surface area (Å²) in [6.07, 6.45) is 0.280. The lowest BCUT2D eigenvalue weighted by molar-refractivity contribution is -0.0342. The monoisotopic (exact) mass is 336 g/mol. The van der Waals surface area contributed by atoms with Gasteiger partial charge in [-0.25, -0.2) is 0 Å². The summed E-state index contributed by atoms with van der Waals surface area (Å²) >= 11 is 1.80. The molecule has 0 aliphatic carbocycles. The van der Waals surface area contributed by atoms with Gasteiger partial charge >= 0.3 is 0 Å². The molecule has 126 valence electrons. The van der Waals surface area contributed by atoms with Crippen LogP contribution in [0, 0.1) is 6.92 Å². The SMILES string of the molecule is Cc1nnc([C@H](C)NC[C@H](c2cccs2)N2CCO[C@H](C)C2)o1. The molecule has 7 heteroatoms. The van der Waals surface area contributed by atoms with Gasteiger partial charge in [0.1, 0.15) is 0 Å². The van der Waals surface area contributed by atoms with Crippen molar-refractivity contribution in [1.29, 1.82) is 0 Å². The zero-order valence-corrected chi connectivity index (χ0v) is 14.7. The van der Waals surface area contributed by atoms with Gasteiger partial charge in [-0.3, -0.25) is 4.90 Å². The summed E-state index contributed by atoms with van der Waals surface area (Å²) < 4.78 is 11.2. The van der Waals surface area contributed by atoms with Crippen molar-refractivity contribution in [2.24, 2.45) is 0 Å². The summed E-state index contributed by atoms with van der Waals surface area (Å²) in [4.78, 5) is 3.87. The fraction of sp³-hybridized carbons (Fsp3) is 0.625. The number of nitrogens with zero attached hydrogens (tertiary/aromatic N) is 3. The molecule has 2 aromatic heterocycles. The smallest absolute Gasteiger partial charge is 0.233 e. The number of hydrogen-bond acceptors (Lipinski definition) is 7. The molecule has 3 rings (SSSR count). The van der Waals surface area contributed by atoms with E-state index in [9.17, 15) is 0 Å². The highest BCUT2D eigenvalue weighted by Crippen LogP contribution is 2.27. The third kappa shape index (κ3) is 4.17. The highest BCUT2D eigenvalue weighted by molar-refractivity contribution is 7.10. The number of morpholine rings is 1. The van der Waals surface area contributed by atoms with Crippen LogP contribution in [0.2, 0.25) is 0 Å². The average Bonchev–Trinajstić information content (AvgIpc) is 3.19. The Kier molecular flexibility index (Phi) is 5.42. The Morgan fingerprint density at radius 2 is 2.35 bits per heavy atom. The Labute approximate surface area is 140 Å². The summed E-state index contributed by atoms with van der Waals surface area (Å²) in [6.45, 7) is 9.56. The van der Waals surface area contributed by atoms with Gasteiger partial charge in [0.05, 0.1) is 24.8 Å². The standard InChI is InChI=1S/C16H24N4O2S/c1-11-10-20(6-7-21-11)14(15-5-4-8-23-15)9-17-12(2)16-19-18-13(3)22-16/h4-5,8,11-12,14,17H,6-7,9-10H2,1-3H3/t11-,12+,14-/m1/s1. The summed E-state index contributed by atoms with van der Waals surface area (Å²) in [7, 11) is 0. The fourth-order valence-corrected chi connectivity index (χ4v) is 3.74. The van der Waals surface area contributed by atoms with E-state index >= 15 is 0 Å². The van der Waals surface area contributed by atoms with Gasteiger partial charge < -0.3 is 14.5 Å². The first-order valence-electron chi connectivity index (χ1n) is 8.06. The van der Waals surface area contributed by atoms with Crippen molar-refractivity contribution in [1.82, 2.24) is 20.4 Å². The maximum atomic E-state index is 5.68. The first-order valence-corrected chi connectivity index (χ1v) is 8.94. The number of thiophene rings is 1. The minimum Gasteiger partial charge on any atom is -0.424 e. The van der Waals surface area contributed by atoms with Crippen LogP contribution < -0.4 is 5.32 Å². The van der Waals surface area contributed by atoms with Crippen LogP contribution in [0.5, 0.6) is 0 Å². The Morgan fingerprint density at radius 3 is 3.00 bits per heavy atom. The van der Waals surface area contributed by atoms with Crippen LogP contribution >= 0.6 is 11.3 Å². The zero-order chi connectivity index (χ0) is 16.2. The molecule has 0 saturated carbocycles. The van der Waals surface area contributed by atoms with Crippen molar-refractivity contribution in [2.45, 2.75) is 39.0 Å². The first-order chi connectivity index (χ1) is 11.1. The number of nitrogens with one attached hydrogen (secondary N) is 1. The molecule has 23 heavy (non-hydrogen) atoms. The van der Waals surface area contributed by atoms with Gasteiger partial charge in [-0.05, 0) is 25.3 Å². The molecular weight excluding hydrogens is 312 g/mol. The lowest BCUT2D eigenvalue weighted by Gasteiger charge is -2.37. The Balaban J connectivity index is 1.66. The Bertz CT molecular complexity index is 601. The Hall–Kier alpha value is -1.28. The molecule has 0 amide bonds. The van der Waals surface area contributed by atoms with E-state index in [1.54, 1.807) is 11.3 Å². The van der Waals surface area contributed by atoms with E-state index in [1.807, 2.05) is 6.92 Å². The van der Waals surface area contributed by atoms with E-state index in [1.165, 1.54) is 4.88 Å². The fourth-order valence-electron chi connectivity index (χ4n) is 2.88. The van der Waals surface area contributed by atoms with Crippen molar-refractivity contribution in [3.8, 4) is 0 Å². The molecule has 0 bridgehead atoms. The zero-order valence-electron chi connectivity index (χ0n) is 13.9. The topological polar surface area (TPSA) is 63.4 Å². The molecule has 6 nitrogen and oxygen atoms in total. The van der Waals surface area contributed by atoms with Crippen LogP contribution in [0.3, 0.4) is 0 Å². The minimum absolute atomic E-state index is 0.0390. The van der Waals surface area contributed by atoms with Gasteiger partial charge in [0.15, 0.2) is 0 Å². The second kappa shape index (κ2) is 7.53. The van der Waals surface area contributed by atoms with Crippen LogP contribution in [0.15, 0.2) is 21.9 Å². The highest BCUT2D eigenvalue weighted by Gasteiger charge is 2.27. The summed E-state index contributed by atoms with van der Waals surface area (Å²) in [6, 6.07) is 4.70. The van der Waals surface area contributed by atoms with Crippen LogP contribution in [-0.2, 0) is 4.74 Å². The molecule has 2 aromatic rings. The third-order valence-corrected chi connectivity index (χ3v) is 5.09. The van der Waals surface area contributed by atoms with E-state index in [0.29, 0.717) is 17.8 Å². The van der Waals surface area contributed by atoms with Crippen LogP contribution in [-0.4, -0.2) is 47.4 Å². The third-order valence-electron chi connectivity index (χ3n) is 4.11. The second-order valence-electron chi connectivity index (χ2n) is 6.00. The minimum atomic E-state index is 0.0390. The molecule has 1 fully saturated rings. The summed E-state index contributed by atoms with van der Waals surface area (Å²) in [5.74, 6) is 1.24. The van der Waals surface area contributed by atoms with E-state index in [2.05, 4.69) is 51.8 Å². The van der Waals surface area contributed by atoms with Crippen LogP contribution in [0.25, 0.3) is 0 Å². The van der Waals surface area contributed by atoms with Gasteiger partial charge in [-0.1, -0.05) is 6.07 Å². The van der Waals surface area contributed by atoms with Crippen molar-refractivity contribution in [3.05, 3.63) is 34.2 Å². The van der Waals surface area contributed by atoms with Gasteiger partial charge in [0.2, 0.25) is 11.8 Å². The van der Waals surface area contributed by atoms with E-state index in [0.717, 1.165) is 26.2 Å². The number of rotatable bonds is 6. The predicted octanol–water partition coefficient (Wildman–Crippen LogP) is 2.55. The molecule has 0 aromatic carbocycles. The molecule has 0 unspecified atom stereocenters. The number of ether oxygens (including phenoxy) is 1. The van der Waals surface area contributed by atoms with Gasteiger partial charge in [0, 0.05) is 31.4 Å². The number of hydrogen-bond donors (Lipinski definition) is 1. The van der Waals surface area contributed by atoms with E-state index in [4.69, 9.17) is 9.15 Å². The van der Waals surface area contributed by atoms with Gasteiger partial charge in [0.25, 0.3) is 0 Å². The summed E-state index contributed by atoms with van der Waals surface area (Å²) in [5.41, 5.74) is 0. The molecule has 3 heterocycles. The summed E-state index contributed by atoms with van der Waals surface area (Å²) in [5, 5.41) is 13.7. The highest BCUT2D eigenvalue weighted by atomic mass is 32.1. The molecule has 3 atom stereocenters. The maximum Gasteiger partial charge on any atom is 0.233 e. The van der Waals surface area contributed by atoms with Crippen LogP contribution in [0.1, 0.15) is 42.6 Å². The normalized spacial score (nSPS) is 22.1. The van der Waals surface area contributed by atoms with E-state index in [-0.39, 0.29) is 12.1 Å². The quantitative estimate of drug-likeness (QED) is 0.875. The number of aromatic nitrogens is 2. The van der Waals surface area contributed by atoms with E-state index < -0.39 is 0 Å². The van der Waals surface area contributed by atoms with Gasteiger partial charge in [-0.15, -0.1) is 21.5 Å². The predicted molar refractivity (Wildman–Crippen MR) is 89.5 cm³/mol.